The fourth-order valence-corrected chi connectivity index (χ4v) is 3.47. The molecule has 0 amide bonds. The van der Waals surface area contributed by atoms with Gasteiger partial charge in [-0.3, -0.25) is 4.99 Å². The first-order valence-corrected chi connectivity index (χ1v) is 8.90. The highest BCUT2D eigenvalue weighted by molar-refractivity contribution is 5.80. The van der Waals surface area contributed by atoms with Crippen LogP contribution < -0.4 is 10.2 Å². The van der Waals surface area contributed by atoms with Crippen molar-refractivity contribution in [2.75, 3.05) is 44.2 Å². The second-order valence-electron chi connectivity index (χ2n) is 6.59. The van der Waals surface area contributed by atoms with Crippen molar-refractivity contribution in [3.63, 3.8) is 0 Å². The normalized spacial score (nSPS) is 21.6. The Morgan fingerprint density at radius 1 is 1.21 bits per heavy atom. The Bertz CT molecular complexity index is 584. The molecule has 132 valence electrons. The number of nitrogens with zero attached hydrogens (tertiary/aromatic N) is 3. The topological polar surface area (TPSA) is 30.9 Å². The number of benzene rings is 1. The summed E-state index contributed by atoms with van der Waals surface area (Å²) in [5.41, 5.74) is 0.756. The molecule has 4 nitrogen and oxygen atoms in total. The Hall–Kier alpha value is -1.85. The third-order valence-electron chi connectivity index (χ3n) is 4.79. The molecule has 1 aromatic rings. The van der Waals surface area contributed by atoms with Gasteiger partial charge in [-0.1, -0.05) is 0 Å². The second-order valence-corrected chi connectivity index (χ2v) is 6.59. The molecule has 2 aliphatic heterocycles. The summed E-state index contributed by atoms with van der Waals surface area (Å²) in [6.45, 7) is 7.61. The van der Waals surface area contributed by atoms with Crippen LogP contribution in [0.15, 0.2) is 23.2 Å². The van der Waals surface area contributed by atoms with E-state index in [-0.39, 0.29) is 0 Å². The highest BCUT2D eigenvalue weighted by atomic mass is 19.2. The number of likely N-dealkylation sites (tertiary alicyclic amines) is 1. The standard InChI is InChI=1S/C18H26F2N4/c1-2-21-18(23-8-3-4-9-23)22-12-14-7-10-24(13-14)15-5-6-16(19)17(20)11-15/h5-6,11,14H,2-4,7-10,12-13H2,1H3,(H,21,22). The van der Waals surface area contributed by atoms with Gasteiger partial charge in [0.05, 0.1) is 0 Å². The number of guanidine groups is 1. The van der Waals surface area contributed by atoms with Crippen molar-refractivity contribution in [3.8, 4) is 0 Å². The summed E-state index contributed by atoms with van der Waals surface area (Å²) in [5.74, 6) is -0.104. The number of hydrogen-bond acceptors (Lipinski definition) is 2. The van der Waals surface area contributed by atoms with E-state index in [2.05, 4.69) is 22.0 Å². The van der Waals surface area contributed by atoms with Gasteiger partial charge in [0.25, 0.3) is 0 Å². The Labute approximate surface area is 142 Å². The van der Waals surface area contributed by atoms with E-state index in [1.807, 2.05) is 0 Å². The smallest absolute Gasteiger partial charge is 0.193 e. The quantitative estimate of drug-likeness (QED) is 0.678. The average molecular weight is 336 g/mol. The zero-order chi connectivity index (χ0) is 16.9. The molecule has 1 atom stereocenters. The third-order valence-corrected chi connectivity index (χ3v) is 4.79. The molecule has 0 aliphatic carbocycles. The first-order chi connectivity index (χ1) is 11.7. The van der Waals surface area contributed by atoms with Crippen molar-refractivity contribution in [3.05, 3.63) is 29.8 Å². The van der Waals surface area contributed by atoms with Crippen LogP contribution in [0.4, 0.5) is 14.5 Å². The molecule has 0 bridgehead atoms. The van der Waals surface area contributed by atoms with E-state index >= 15 is 0 Å². The summed E-state index contributed by atoms with van der Waals surface area (Å²) in [6.07, 6.45) is 3.50. The SMILES string of the molecule is CCNC(=NCC1CCN(c2ccc(F)c(F)c2)C1)N1CCCC1. The largest absolute Gasteiger partial charge is 0.371 e. The highest BCUT2D eigenvalue weighted by Gasteiger charge is 2.24. The van der Waals surface area contributed by atoms with Gasteiger partial charge < -0.3 is 15.1 Å². The zero-order valence-electron chi connectivity index (χ0n) is 14.3. The molecular formula is C18H26F2N4. The Morgan fingerprint density at radius 3 is 2.71 bits per heavy atom. The van der Waals surface area contributed by atoms with Crippen molar-refractivity contribution in [1.29, 1.82) is 0 Å². The lowest BCUT2D eigenvalue weighted by Gasteiger charge is -2.22. The number of hydrogen-bond donors (Lipinski definition) is 1. The van der Waals surface area contributed by atoms with Crippen molar-refractivity contribution >= 4 is 11.6 Å². The lowest BCUT2D eigenvalue weighted by molar-refractivity contribution is 0.487. The van der Waals surface area contributed by atoms with Gasteiger partial charge in [-0.2, -0.15) is 0 Å². The third kappa shape index (κ3) is 3.97. The molecule has 0 spiro atoms. The van der Waals surface area contributed by atoms with Gasteiger partial charge in [0.1, 0.15) is 0 Å². The van der Waals surface area contributed by atoms with Crippen LogP contribution >= 0.6 is 0 Å². The number of anilines is 1. The Kier molecular flexibility index (Phi) is 5.53. The molecule has 1 aromatic carbocycles. The van der Waals surface area contributed by atoms with E-state index in [9.17, 15) is 8.78 Å². The lowest BCUT2D eigenvalue weighted by atomic mass is 10.1. The summed E-state index contributed by atoms with van der Waals surface area (Å²) < 4.78 is 26.5. The lowest BCUT2D eigenvalue weighted by Crippen LogP contribution is -2.40. The Balaban J connectivity index is 1.58. The number of nitrogens with one attached hydrogen (secondary N) is 1. The van der Waals surface area contributed by atoms with Crippen molar-refractivity contribution in [2.24, 2.45) is 10.9 Å². The average Bonchev–Trinajstić information content (AvgIpc) is 3.25. The van der Waals surface area contributed by atoms with Crippen molar-refractivity contribution in [2.45, 2.75) is 26.2 Å². The molecule has 3 rings (SSSR count). The van der Waals surface area contributed by atoms with Gasteiger partial charge in [-0.15, -0.1) is 0 Å². The van der Waals surface area contributed by atoms with E-state index in [0.29, 0.717) is 5.92 Å². The molecule has 24 heavy (non-hydrogen) atoms. The molecule has 2 saturated heterocycles. The van der Waals surface area contributed by atoms with Gasteiger partial charge in [0, 0.05) is 51.0 Å². The molecule has 0 aromatic heterocycles. The van der Waals surface area contributed by atoms with Crippen LogP contribution in [0.3, 0.4) is 0 Å². The molecule has 1 N–H and O–H groups in total. The van der Waals surface area contributed by atoms with Crippen LogP contribution in [0.1, 0.15) is 26.2 Å². The molecule has 0 saturated carbocycles. The minimum absolute atomic E-state index is 0.453. The van der Waals surface area contributed by atoms with Gasteiger partial charge in [-0.25, -0.2) is 8.78 Å². The van der Waals surface area contributed by atoms with E-state index in [0.717, 1.165) is 57.3 Å². The maximum Gasteiger partial charge on any atom is 0.193 e. The van der Waals surface area contributed by atoms with Gasteiger partial charge in [0.15, 0.2) is 17.6 Å². The number of halogens is 2. The van der Waals surface area contributed by atoms with Gasteiger partial charge in [0.2, 0.25) is 0 Å². The highest BCUT2D eigenvalue weighted by Crippen LogP contribution is 2.25. The van der Waals surface area contributed by atoms with Crippen LogP contribution in [0.5, 0.6) is 0 Å². The second kappa shape index (κ2) is 7.81. The molecule has 2 aliphatic rings. The van der Waals surface area contributed by atoms with E-state index in [1.165, 1.54) is 25.0 Å². The van der Waals surface area contributed by atoms with Crippen LogP contribution in [0, 0.1) is 17.6 Å². The fraction of sp³-hybridized carbons (Fsp3) is 0.611. The predicted octanol–water partition coefficient (Wildman–Crippen LogP) is 2.85. The van der Waals surface area contributed by atoms with E-state index in [1.54, 1.807) is 6.07 Å². The minimum atomic E-state index is -0.792. The maximum absolute atomic E-state index is 13.4. The molecular weight excluding hydrogens is 310 g/mol. The summed E-state index contributed by atoms with van der Waals surface area (Å²) in [6, 6.07) is 4.14. The van der Waals surface area contributed by atoms with Crippen molar-refractivity contribution in [1.82, 2.24) is 10.2 Å². The summed E-state index contributed by atoms with van der Waals surface area (Å²) >= 11 is 0. The zero-order valence-corrected chi connectivity index (χ0v) is 14.3. The van der Waals surface area contributed by atoms with Gasteiger partial charge >= 0.3 is 0 Å². The van der Waals surface area contributed by atoms with Gasteiger partial charge in [-0.05, 0) is 44.2 Å². The predicted molar refractivity (Wildman–Crippen MR) is 93.5 cm³/mol. The molecule has 0 radical (unpaired) electrons. The molecule has 6 heteroatoms. The van der Waals surface area contributed by atoms with Crippen LogP contribution in [-0.4, -0.2) is 50.1 Å². The van der Waals surface area contributed by atoms with Crippen molar-refractivity contribution < 1.29 is 8.78 Å². The van der Waals surface area contributed by atoms with Crippen LogP contribution in [0.2, 0.25) is 0 Å². The summed E-state index contributed by atoms with van der Waals surface area (Å²) in [4.78, 5) is 9.25. The first kappa shape index (κ1) is 17.0. The van der Waals surface area contributed by atoms with Crippen LogP contribution in [-0.2, 0) is 0 Å². The molecule has 2 heterocycles. The van der Waals surface area contributed by atoms with E-state index < -0.39 is 11.6 Å². The maximum atomic E-state index is 13.4. The molecule has 2 fully saturated rings. The first-order valence-electron chi connectivity index (χ1n) is 8.90. The number of aliphatic imine (C=N–C) groups is 1. The van der Waals surface area contributed by atoms with Crippen LogP contribution in [0.25, 0.3) is 0 Å². The summed E-state index contributed by atoms with van der Waals surface area (Å²) in [5, 5.41) is 3.38. The minimum Gasteiger partial charge on any atom is -0.371 e. The van der Waals surface area contributed by atoms with E-state index in [4.69, 9.17) is 4.99 Å². The fourth-order valence-electron chi connectivity index (χ4n) is 3.47. The number of rotatable bonds is 4. The monoisotopic (exact) mass is 336 g/mol. The summed E-state index contributed by atoms with van der Waals surface area (Å²) in [7, 11) is 0. The molecule has 1 unspecified atom stereocenters. The Morgan fingerprint density at radius 2 is 2.00 bits per heavy atom.